The summed E-state index contributed by atoms with van der Waals surface area (Å²) in [5.41, 5.74) is 6.74. The highest BCUT2D eigenvalue weighted by Gasteiger charge is 2.27. The van der Waals surface area contributed by atoms with Crippen LogP contribution < -0.4 is 21.7 Å². The predicted octanol–water partition coefficient (Wildman–Crippen LogP) is 2.92. The zero-order chi connectivity index (χ0) is 26.5. The van der Waals surface area contributed by atoms with Gasteiger partial charge in [0.05, 0.1) is 4.92 Å². The zero-order valence-electron chi connectivity index (χ0n) is 20.7. The molecule has 0 spiro atoms. The molecule has 36 heavy (non-hydrogen) atoms. The van der Waals surface area contributed by atoms with Gasteiger partial charge in [-0.1, -0.05) is 44.2 Å². The lowest BCUT2D eigenvalue weighted by molar-refractivity contribution is -0.384. The summed E-state index contributed by atoms with van der Waals surface area (Å²) in [6.45, 7) is 4.29. The molecule has 0 bridgehead atoms. The van der Waals surface area contributed by atoms with Crippen molar-refractivity contribution in [2.24, 2.45) is 11.7 Å². The van der Waals surface area contributed by atoms with Crippen molar-refractivity contribution < 1.29 is 19.3 Å². The lowest BCUT2D eigenvalue weighted by atomic mass is 10.0. The number of hydrogen-bond acceptors (Lipinski definition) is 6. The Kier molecular flexibility index (Phi) is 11.5. The van der Waals surface area contributed by atoms with Crippen LogP contribution >= 0.6 is 0 Å². The van der Waals surface area contributed by atoms with Crippen LogP contribution in [0.2, 0.25) is 0 Å². The Bertz CT molecular complexity index is 1010. The van der Waals surface area contributed by atoms with Crippen LogP contribution in [0.4, 0.5) is 11.4 Å². The van der Waals surface area contributed by atoms with Crippen molar-refractivity contribution in [3.63, 3.8) is 0 Å². The average molecular weight is 498 g/mol. The number of unbranched alkanes of at least 4 members (excludes halogenated alkanes) is 1. The molecule has 0 aliphatic carbocycles. The smallest absolute Gasteiger partial charge is 0.269 e. The molecule has 0 saturated heterocycles. The summed E-state index contributed by atoms with van der Waals surface area (Å²) in [5.74, 6) is -1.04. The summed E-state index contributed by atoms with van der Waals surface area (Å²) < 4.78 is 0. The van der Waals surface area contributed by atoms with Gasteiger partial charge in [-0.05, 0) is 49.4 Å². The third kappa shape index (κ3) is 9.83. The van der Waals surface area contributed by atoms with Crippen LogP contribution in [0, 0.1) is 16.0 Å². The number of carbonyl (C=O) groups excluding carboxylic acids is 3. The van der Waals surface area contributed by atoms with Gasteiger partial charge in [0.15, 0.2) is 0 Å². The first-order chi connectivity index (χ1) is 17.2. The van der Waals surface area contributed by atoms with Crippen LogP contribution in [-0.2, 0) is 20.8 Å². The molecule has 0 saturated carbocycles. The molecule has 0 heterocycles. The van der Waals surface area contributed by atoms with Crippen LogP contribution in [0.5, 0.6) is 0 Å². The highest BCUT2D eigenvalue weighted by molar-refractivity contribution is 5.98. The molecule has 2 aromatic carbocycles. The number of nitro benzene ring substituents is 1. The summed E-state index contributed by atoms with van der Waals surface area (Å²) in [7, 11) is 0. The van der Waals surface area contributed by atoms with Crippen molar-refractivity contribution in [3.05, 3.63) is 70.3 Å². The van der Waals surface area contributed by atoms with E-state index in [0.29, 0.717) is 31.5 Å². The second-order valence-electron chi connectivity index (χ2n) is 9.05. The first-order valence-electron chi connectivity index (χ1n) is 12.1. The molecule has 2 unspecified atom stereocenters. The number of anilines is 1. The predicted molar refractivity (Wildman–Crippen MR) is 138 cm³/mol. The summed E-state index contributed by atoms with van der Waals surface area (Å²) in [4.78, 5) is 49.1. The normalized spacial score (nSPS) is 12.4. The third-order valence-corrected chi connectivity index (χ3v) is 5.45. The standard InChI is InChI=1S/C26H35N5O5/c1-18(2)16-24(32)29-23(17-19-8-4-3-5-9-19)26(34)30-22(10-6-7-15-27)25(33)28-20-11-13-21(14-12-20)31(35)36/h3-5,8-9,11-14,18,22-23H,6-7,10,15-17,27H2,1-2H3,(H,28,33)(H,29,32)(H,30,34). The Morgan fingerprint density at radius 1 is 0.917 bits per heavy atom. The Hall–Kier alpha value is -3.79. The van der Waals surface area contributed by atoms with E-state index in [0.717, 1.165) is 5.56 Å². The van der Waals surface area contributed by atoms with Crippen molar-refractivity contribution >= 4 is 29.1 Å². The first kappa shape index (κ1) is 28.4. The van der Waals surface area contributed by atoms with Gasteiger partial charge in [0.1, 0.15) is 12.1 Å². The molecule has 3 amide bonds. The molecule has 10 heteroatoms. The van der Waals surface area contributed by atoms with Crippen LogP contribution in [-0.4, -0.2) is 41.3 Å². The fraction of sp³-hybridized carbons (Fsp3) is 0.423. The maximum atomic E-state index is 13.3. The number of carbonyl (C=O) groups is 3. The van der Waals surface area contributed by atoms with Gasteiger partial charge >= 0.3 is 0 Å². The number of hydrogen-bond donors (Lipinski definition) is 4. The van der Waals surface area contributed by atoms with Gasteiger partial charge in [0, 0.05) is 30.7 Å². The van der Waals surface area contributed by atoms with E-state index in [9.17, 15) is 24.5 Å². The molecule has 0 aromatic heterocycles. The summed E-state index contributed by atoms with van der Waals surface area (Å²) in [6, 6.07) is 13.0. The largest absolute Gasteiger partial charge is 0.344 e. The fourth-order valence-electron chi connectivity index (χ4n) is 3.61. The van der Waals surface area contributed by atoms with Gasteiger partial charge < -0.3 is 21.7 Å². The fourth-order valence-corrected chi connectivity index (χ4v) is 3.61. The number of nitrogens with two attached hydrogens (primary N) is 1. The molecule has 5 N–H and O–H groups in total. The number of nitro groups is 1. The average Bonchev–Trinajstić information content (AvgIpc) is 2.83. The Morgan fingerprint density at radius 3 is 2.17 bits per heavy atom. The van der Waals surface area contributed by atoms with Gasteiger partial charge in [-0.25, -0.2) is 0 Å². The molecule has 0 radical (unpaired) electrons. The highest BCUT2D eigenvalue weighted by Crippen LogP contribution is 2.16. The lowest BCUT2D eigenvalue weighted by Crippen LogP contribution is -2.53. The van der Waals surface area contributed by atoms with E-state index in [1.807, 2.05) is 44.2 Å². The van der Waals surface area contributed by atoms with Crippen molar-refractivity contribution in [3.8, 4) is 0 Å². The van der Waals surface area contributed by atoms with Crippen LogP contribution in [0.1, 0.15) is 45.1 Å². The molecule has 2 atom stereocenters. The van der Waals surface area contributed by atoms with E-state index in [4.69, 9.17) is 5.73 Å². The van der Waals surface area contributed by atoms with E-state index in [2.05, 4.69) is 16.0 Å². The summed E-state index contributed by atoms with van der Waals surface area (Å²) in [6.07, 6.45) is 2.18. The number of amides is 3. The maximum absolute atomic E-state index is 13.3. The molecule has 10 nitrogen and oxygen atoms in total. The highest BCUT2D eigenvalue weighted by atomic mass is 16.6. The quantitative estimate of drug-likeness (QED) is 0.179. The van der Waals surface area contributed by atoms with Gasteiger partial charge in [-0.2, -0.15) is 0 Å². The van der Waals surface area contributed by atoms with Crippen LogP contribution in [0.3, 0.4) is 0 Å². The molecule has 0 aliphatic rings. The minimum absolute atomic E-state index is 0.0957. The van der Waals surface area contributed by atoms with E-state index in [1.165, 1.54) is 24.3 Å². The molecule has 194 valence electrons. The summed E-state index contributed by atoms with van der Waals surface area (Å²) in [5, 5.41) is 19.2. The number of non-ortho nitro benzene ring substituents is 1. The molecule has 2 rings (SSSR count). The van der Waals surface area contributed by atoms with Crippen molar-refractivity contribution in [1.29, 1.82) is 0 Å². The second kappa shape index (κ2) is 14.6. The van der Waals surface area contributed by atoms with E-state index >= 15 is 0 Å². The SMILES string of the molecule is CC(C)CC(=O)NC(Cc1ccccc1)C(=O)NC(CCCCN)C(=O)Nc1ccc([N+](=O)[O-])cc1. The molecule has 2 aromatic rings. The maximum Gasteiger partial charge on any atom is 0.269 e. The number of nitrogens with zero attached hydrogens (tertiary/aromatic N) is 1. The number of nitrogens with one attached hydrogen (secondary N) is 3. The lowest BCUT2D eigenvalue weighted by Gasteiger charge is -2.24. The number of rotatable bonds is 14. The third-order valence-electron chi connectivity index (χ3n) is 5.45. The monoisotopic (exact) mass is 497 g/mol. The van der Waals surface area contributed by atoms with Crippen molar-refractivity contribution in [1.82, 2.24) is 10.6 Å². The van der Waals surface area contributed by atoms with Crippen molar-refractivity contribution in [2.45, 2.75) is 58.0 Å². The molecule has 0 aliphatic heterocycles. The second-order valence-corrected chi connectivity index (χ2v) is 9.05. The zero-order valence-corrected chi connectivity index (χ0v) is 20.7. The Morgan fingerprint density at radius 2 is 1.58 bits per heavy atom. The van der Waals surface area contributed by atoms with Crippen LogP contribution in [0.15, 0.2) is 54.6 Å². The van der Waals surface area contributed by atoms with E-state index < -0.39 is 28.8 Å². The minimum Gasteiger partial charge on any atom is -0.344 e. The molecular weight excluding hydrogens is 462 g/mol. The first-order valence-corrected chi connectivity index (χ1v) is 12.1. The van der Waals surface area contributed by atoms with Gasteiger partial charge in [0.2, 0.25) is 17.7 Å². The van der Waals surface area contributed by atoms with Gasteiger partial charge in [-0.3, -0.25) is 24.5 Å². The van der Waals surface area contributed by atoms with Crippen molar-refractivity contribution in [2.75, 3.05) is 11.9 Å². The Labute approximate surface area is 211 Å². The van der Waals surface area contributed by atoms with Crippen LogP contribution in [0.25, 0.3) is 0 Å². The van der Waals surface area contributed by atoms with Gasteiger partial charge in [-0.15, -0.1) is 0 Å². The molecular formula is C26H35N5O5. The summed E-state index contributed by atoms with van der Waals surface area (Å²) >= 11 is 0. The topological polar surface area (TPSA) is 156 Å². The Balaban J connectivity index is 2.16. The van der Waals surface area contributed by atoms with E-state index in [-0.39, 0.29) is 30.4 Å². The number of benzene rings is 2. The van der Waals surface area contributed by atoms with E-state index in [1.54, 1.807) is 0 Å². The minimum atomic E-state index is -0.875. The molecule has 0 fully saturated rings. The van der Waals surface area contributed by atoms with Gasteiger partial charge in [0.25, 0.3) is 5.69 Å².